The van der Waals surface area contributed by atoms with Crippen LogP contribution in [-0.2, 0) is 4.74 Å². The summed E-state index contributed by atoms with van der Waals surface area (Å²) in [6.07, 6.45) is 5.72. The Bertz CT molecular complexity index is 109. The summed E-state index contributed by atoms with van der Waals surface area (Å²) in [7, 11) is 0. The molecule has 1 atom stereocenters. The van der Waals surface area contributed by atoms with Crippen molar-refractivity contribution < 1.29 is 9.84 Å². The maximum absolute atomic E-state index is 8.55. The van der Waals surface area contributed by atoms with Gasteiger partial charge in [-0.15, -0.1) is 12.4 Å². The first kappa shape index (κ1) is 7.53. The fourth-order valence-corrected chi connectivity index (χ4v) is 0.376. The molecule has 0 amide bonds. The zero-order chi connectivity index (χ0) is 5.11. The van der Waals surface area contributed by atoms with Crippen molar-refractivity contribution in [1.82, 2.24) is 0 Å². The predicted molar refractivity (Wildman–Crippen MR) is 32.6 cm³/mol. The third kappa shape index (κ3) is 2.00. The third-order valence-corrected chi connectivity index (χ3v) is 0.683. The van der Waals surface area contributed by atoms with Gasteiger partial charge in [0.05, 0.1) is 6.26 Å². The first-order chi connectivity index (χ1) is 3.39. The highest BCUT2D eigenvalue weighted by atomic mass is 35.5. The van der Waals surface area contributed by atoms with Crippen LogP contribution in [0, 0.1) is 0 Å². The van der Waals surface area contributed by atoms with Crippen LogP contribution in [0.1, 0.15) is 0 Å². The van der Waals surface area contributed by atoms with Crippen LogP contribution in [0.15, 0.2) is 24.5 Å². The molecule has 0 aromatic heterocycles. The fraction of sp³-hybridized carbons (Fsp3) is 0.200. The molecule has 46 valence electrons. The van der Waals surface area contributed by atoms with E-state index in [1.165, 1.54) is 6.26 Å². The van der Waals surface area contributed by atoms with E-state index in [-0.39, 0.29) is 12.4 Å². The number of allylic oxidation sites excluding steroid dienone is 2. The Balaban J connectivity index is 0.000000490. The molecule has 1 heterocycles. The minimum atomic E-state index is -0.731. The predicted octanol–water partition coefficient (Wildman–Crippen LogP) is 0.827. The topological polar surface area (TPSA) is 29.5 Å². The SMILES string of the molecule is Cl.OC1C=CC=CO1. The largest absolute Gasteiger partial charge is 0.469 e. The first-order valence-electron chi connectivity index (χ1n) is 2.06. The number of aliphatic hydroxyl groups excluding tert-OH is 1. The monoisotopic (exact) mass is 134 g/mol. The Kier molecular flexibility index (Phi) is 3.31. The molecular weight excluding hydrogens is 128 g/mol. The number of aliphatic hydroxyl groups is 1. The number of halogens is 1. The second-order valence-corrected chi connectivity index (χ2v) is 1.24. The Morgan fingerprint density at radius 1 is 1.38 bits per heavy atom. The third-order valence-electron chi connectivity index (χ3n) is 0.683. The van der Waals surface area contributed by atoms with Crippen molar-refractivity contribution >= 4 is 12.4 Å². The molecule has 0 aliphatic carbocycles. The quantitative estimate of drug-likeness (QED) is 0.532. The number of hydrogen-bond acceptors (Lipinski definition) is 2. The molecule has 1 aliphatic heterocycles. The Morgan fingerprint density at radius 3 is 2.38 bits per heavy atom. The van der Waals surface area contributed by atoms with E-state index < -0.39 is 6.29 Å². The molecule has 0 saturated heterocycles. The van der Waals surface area contributed by atoms with E-state index in [0.717, 1.165) is 0 Å². The van der Waals surface area contributed by atoms with Crippen LogP contribution >= 0.6 is 12.4 Å². The average molecular weight is 135 g/mol. The van der Waals surface area contributed by atoms with Crippen LogP contribution in [0.2, 0.25) is 0 Å². The van der Waals surface area contributed by atoms with E-state index in [1.54, 1.807) is 18.2 Å². The second kappa shape index (κ2) is 3.52. The van der Waals surface area contributed by atoms with Crippen molar-refractivity contribution in [3.8, 4) is 0 Å². The van der Waals surface area contributed by atoms with Gasteiger partial charge in [0.1, 0.15) is 0 Å². The van der Waals surface area contributed by atoms with E-state index in [1.807, 2.05) is 0 Å². The second-order valence-electron chi connectivity index (χ2n) is 1.24. The summed E-state index contributed by atoms with van der Waals surface area (Å²) in [6, 6.07) is 0. The van der Waals surface area contributed by atoms with Gasteiger partial charge in [-0.3, -0.25) is 0 Å². The number of rotatable bonds is 0. The van der Waals surface area contributed by atoms with Crippen LogP contribution in [0.3, 0.4) is 0 Å². The van der Waals surface area contributed by atoms with Crippen molar-refractivity contribution in [2.75, 3.05) is 0 Å². The van der Waals surface area contributed by atoms with Crippen LogP contribution in [0.4, 0.5) is 0 Å². The van der Waals surface area contributed by atoms with Gasteiger partial charge >= 0.3 is 0 Å². The van der Waals surface area contributed by atoms with Gasteiger partial charge in [0.15, 0.2) is 0 Å². The Hall–Kier alpha value is -0.470. The highest BCUT2D eigenvalue weighted by Gasteiger charge is 1.94. The van der Waals surface area contributed by atoms with Gasteiger partial charge in [0, 0.05) is 0 Å². The van der Waals surface area contributed by atoms with Crippen molar-refractivity contribution in [2.45, 2.75) is 6.29 Å². The minimum Gasteiger partial charge on any atom is -0.469 e. The summed E-state index contributed by atoms with van der Waals surface area (Å²) >= 11 is 0. The zero-order valence-corrected chi connectivity index (χ0v) is 4.97. The normalized spacial score (nSPS) is 23.9. The van der Waals surface area contributed by atoms with E-state index in [2.05, 4.69) is 4.74 Å². The van der Waals surface area contributed by atoms with E-state index >= 15 is 0 Å². The lowest BCUT2D eigenvalue weighted by atomic mass is 10.4. The van der Waals surface area contributed by atoms with E-state index in [4.69, 9.17) is 5.11 Å². The molecule has 1 unspecified atom stereocenters. The molecule has 0 bridgehead atoms. The molecule has 1 N–H and O–H groups in total. The van der Waals surface area contributed by atoms with Gasteiger partial charge in [0.2, 0.25) is 6.29 Å². The number of ether oxygens (including phenoxy) is 1. The molecular formula is C5H7ClO2. The molecule has 1 aliphatic rings. The molecule has 0 saturated carbocycles. The van der Waals surface area contributed by atoms with Gasteiger partial charge in [-0.05, 0) is 12.2 Å². The molecule has 8 heavy (non-hydrogen) atoms. The van der Waals surface area contributed by atoms with Gasteiger partial charge in [0.25, 0.3) is 0 Å². The van der Waals surface area contributed by atoms with Crippen molar-refractivity contribution in [2.24, 2.45) is 0 Å². The Labute approximate surface area is 53.9 Å². The summed E-state index contributed by atoms with van der Waals surface area (Å²) in [5, 5.41) is 8.55. The maximum atomic E-state index is 8.55. The zero-order valence-electron chi connectivity index (χ0n) is 4.15. The molecule has 0 radical (unpaired) electrons. The van der Waals surface area contributed by atoms with Gasteiger partial charge in [-0.25, -0.2) is 0 Å². The van der Waals surface area contributed by atoms with E-state index in [0.29, 0.717) is 0 Å². The lowest BCUT2D eigenvalue weighted by Crippen LogP contribution is -2.04. The molecule has 0 fully saturated rings. The highest BCUT2D eigenvalue weighted by molar-refractivity contribution is 5.85. The van der Waals surface area contributed by atoms with Crippen LogP contribution in [0.25, 0.3) is 0 Å². The molecule has 0 aromatic rings. The Morgan fingerprint density at radius 2 is 2.12 bits per heavy atom. The average Bonchev–Trinajstić information content (AvgIpc) is 1.69. The first-order valence-corrected chi connectivity index (χ1v) is 2.06. The lowest BCUT2D eigenvalue weighted by Gasteiger charge is -2.05. The van der Waals surface area contributed by atoms with Gasteiger partial charge in [-0.2, -0.15) is 0 Å². The van der Waals surface area contributed by atoms with Crippen molar-refractivity contribution in [3.63, 3.8) is 0 Å². The summed E-state index contributed by atoms with van der Waals surface area (Å²) < 4.78 is 4.57. The molecule has 1 rings (SSSR count). The van der Waals surface area contributed by atoms with E-state index in [9.17, 15) is 0 Å². The molecule has 3 heteroatoms. The van der Waals surface area contributed by atoms with Crippen molar-refractivity contribution in [3.05, 3.63) is 24.5 Å². The fourth-order valence-electron chi connectivity index (χ4n) is 0.376. The van der Waals surface area contributed by atoms with Crippen LogP contribution in [0.5, 0.6) is 0 Å². The lowest BCUT2D eigenvalue weighted by molar-refractivity contribution is -0.0132. The summed E-state index contributed by atoms with van der Waals surface area (Å²) in [6.45, 7) is 0. The summed E-state index contributed by atoms with van der Waals surface area (Å²) in [5.74, 6) is 0. The van der Waals surface area contributed by atoms with Crippen molar-refractivity contribution in [1.29, 1.82) is 0 Å². The highest BCUT2D eigenvalue weighted by Crippen LogP contribution is 1.96. The number of hydrogen-bond donors (Lipinski definition) is 1. The van der Waals surface area contributed by atoms with Gasteiger partial charge < -0.3 is 9.84 Å². The molecule has 0 aromatic carbocycles. The maximum Gasteiger partial charge on any atom is 0.216 e. The van der Waals surface area contributed by atoms with Crippen LogP contribution < -0.4 is 0 Å². The van der Waals surface area contributed by atoms with Crippen LogP contribution in [-0.4, -0.2) is 11.4 Å². The smallest absolute Gasteiger partial charge is 0.216 e. The molecule has 2 nitrogen and oxygen atoms in total. The standard InChI is InChI=1S/C5H6O2.ClH/c6-5-3-1-2-4-7-5;/h1-6H;1H. The van der Waals surface area contributed by atoms with Gasteiger partial charge in [-0.1, -0.05) is 6.08 Å². The summed E-state index contributed by atoms with van der Waals surface area (Å²) in [5.41, 5.74) is 0. The minimum absolute atomic E-state index is 0. The molecule has 0 spiro atoms. The summed E-state index contributed by atoms with van der Waals surface area (Å²) in [4.78, 5) is 0.